The Bertz CT molecular complexity index is 893. The van der Waals surface area contributed by atoms with E-state index in [2.05, 4.69) is 5.32 Å². The lowest BCUT2D eigenvalue weighted by molar-refractivity contribution is 0.0994. The topological polar surface area (TPSA) is 59.3 Å². The maximum atomic E-state index is 12.3. The summed E-state index contributed by atoms with van der Waals surface area (Å²) in [5.41, 5.74) is 1.15. The van der Waals surface area contributed by atoms with Gasteiger partial charge in [0.15, 0.2) is 11.5 Å². The van der Waals surface area contributed by atoms with Crippen LogP contribution in [0.5, 0.6) is 0 Å². The van der Waals surface area contributed by atoms with Crippen LogP contribution in [0.1, 0.15) is 20.9 Å². The van der Waals surface area contributed by atoms with Crippen LogP contribution in [0.4, 0.5) is 5.69 Å². The van der Waals surface area contributed by atoms with Crippen LogP contribution in [0.15, 0.2) is 76.2 Å². The number of rotatable bonds is 6. The third kappa shape index (κ3) is 4.53. The Labute approximate surface area is 154 Å². The molecule has 126 valence electrons. The van der Waals surface area contributed by atoms with Crippen molar-refractivity contribution in [3.63, 3.8) is 0 Å². The number of Topliss-reactive ketones (excluding diaryl/α,β-unsaturated/α-hetero) is 1. The first-order valence-corrected chi connectivity index (χ1v) is 8.85. The van der Waals surface area contributed by atoms with Gasteiger partial charge in [0.25, 0.3) is 5.91 Å². The predicted octanol–water partition coefficient (Wildman–Crippen LogP) is 5.16. The van der Waals surface area contributed by atoms with Crippen LogP contribution in [0.25, 0.3) is 0 Å². The molecule has 0 saturated carbocycles. The molecule has 0 aliphatic heterocycles. The zero-order valence-corrected chi connectivity index (χ0v) is 14.6. The zero-order valence-electron chi connectivity index (χ0n) is 13.1. The predicted molar refractivity (Wildman–Crippen MR) is 99.6 cm³/mol. The maximum Gasteiger partial charge on any atom is 0.291 e. The number of benzene rings is 2. The van der Waals surface area contributed by atoms with E-state index in [4.69, 9.17) is 16.0 Å². The number of thioether (sulfide) groups is 1. The summed E-state index contributed by atoms with van der Waals surface area (Å²) in [4.78, 5) is 25.1. The molecule has 1 heterocycles. The molecule has 1 aromatic heterocycles. The van der Waals surface area contributed by atoms with Gasteiger partial charge in [0.05, 0.1) is 17.0 Å². The molecule has 0 radical (unpaired) electrons. The van der Waals surface area contributed by atoms with Gasteiger partial charge < -0.3 is 9.73 Å². The molecule has 0 aliphatic rings. The number of hydrogen-bond acceptors (Lipinski definition) is 4. The van der Waals surface area contributed by atoms with E-state index in [0.717, 1.165) is 4.90 Å². The highest BCUT2D eigenvalue weighted by Gasteiger charge is 2.11. The standard InChI is InChI=1S/C19H14ClNO3S/c20-16-8-2-1-7-15(16)17(22)12-25-14-6-3-5-13(11-14)21-19(23)18-9-4-10-24-18/h1-11H,12H2,(H,21,23). The smallest absolute Gasteiger partial charge is 0.291 e. The van der Waals surface area contributed by atoms with Gasteiger partial charge in [-0.2, -0.15) is 0 Å². The monoisotopic (exact) mass is 371 g/mol. The number of anilines is 1. The Morgan fingerprint density at radius 1 is 1.04 bits per heavy atom. The molecular formula is C19H14ClNO3S. The molecule has 2 aromatic carbocycles. The minimum atomic E-state index is -0.320. The summed E-state index contributed by atoms with van der Waals surface area (Å²) in [5, 5.41) is 3.21. The Hall–Kier alpha value is -2.50. The molecule has 1 N–H and O–H groups in total. The molecule has 0 spiro atoms. The molecule has 0 atom stereocenters. The number of furan rings is 1. The van der Waals surface area contributed by atoms with Gasteiger partial charge in [0.2, 0.25) is 0 Å². The van der Waals surface area contributed by atoms with Crippen LogP contribution in [-0.4, -0.2) is 17.4 Å². The van der Waals surface area contributed by atoms with E-state index in [-0.39, 0.29) is 23.2 Å². The van der Waals surface area contributed by atoms with Crippen molar-refractivity contribution in [2.75, 3.05) is 11.1 Å². The van der Waals surface area contributed by atoms with Crippen LogP contribution in [0, 0.1) is 0 Å². The molecule has 3 aromatic rings. The fourth-order valence-electron chi connectivity index (χ4n) is 2.18. The number of nitrogens with one attached hydrogen (secondary N) is 1. The van der Waals surface area contributed by atoms with Gasteiger partial charge in [-0.15, -0.1) is 11.8 Å². The Kier molecular flexibility index (Phi) is 5.58. The van der Waals surface area contributed by atoms with E-state index in [1.165, 1.54) is 18.0 Å². The van der Waals surface area contributed by atoms with Gasteiger partial charge in [0, 0.05) is 16.1 Å². The number of carbonyl (C=O) groups excluding carboxylic acids is 2. The summed E-state index contributed by atoms with van der Waals surface area (Å²) in [5.74, 6) is 0.145. The third-order valence-electron chi connectivity index (χ3n) is 3.38. The van der Waals surface area contributed by atoms with E-state index in [1.807, 2.05) is 18.2 Å². The van der Waals surface area contributed by atoms with Crippen molar-refractivity contribution < 1.29 is 14.0 Å². The summed E-state index contributed by atoms with van der Waals surface area (Å²) in [7, 11) is 0. The van der Waals surface area contributed by atoms with Gasteiger partial charge in [-0.3, -0.25) is 9.59 Å². The largest absolute Gasteiger partial charge is 0.459 e. The summed E-state index contributed by atoms with van der Waals surface area (Å²) in [6.45, 7) is 0. The molecule has 0 unspecified atom stereocenters. The normalized spacial score (nSPS) is 10.4. The summed E-state index contributed by atoms with van der Waals surface area (Å²) in [6, 6.07) is 17.5. The molecule has 6 heteroatoms. The van der Waals surface area contributed by atoms with Gasteiger partial charge in [-0.25, -0.2) is 0 Å². The molecule has 3 rings (SSSR count). The van der Waals surface area contributed by atoms with Gasteiger partial charge in [-0.05, 0) is 42.5 Å². The minimum absolute atomic E-state index is 0.0411. The highest BCUT2D eigenvalue weighted by Crippen LogP contribution is 2.24. The summed E-state index contributed by atoms with van der Waals surface area (Å²) in [6.07, 6.45) is 1.45. The van der Waals surface area contributed by atoms with Crippen molar-refractivity contribution >= 4 is 40.7 Å². The molecule has 0 saturated heterocycles. The lowest BCUT2D eigenvalue weighted by Crippen LogP contribution is -2.10. The average Bonchev–Trinajstić information content (AvgIpc) is 3.15. The van der Waals surface area contributed by atoms with Crippen molar-refractivity contribution in [2.45, 2.75) is 4.90 Å². The maximum absolute atomic E-state index is 12.3. The van der Waals surface area contributed by atoms with E-state index >= 15 is 0 Å². The number of halogens is 1. The lowest BCUT2D eigenvalue weighted by atomic mass is 10.1. The summed E-state index contributed by atoms with van der Waals surface area (Å²) >= 11 is 7.43. The lowest BCUT2D eigenvalue weighted by Gasteiger charge is -2.07. The molecule has 1 amide bonds. The van der Waals surface area contributed by atoms with Crippen molar-refractivity contribution in [2.24, 2.45) is 0 Å². The van der Waals surface area contributed by atoms with Crippen LogP contribution in [0.2, 0.25) is 5.02 Å². The van der Waals surface area contributed by atoms with E-state index in [0.29, 0.717) is 16.3 Å². The first-order valence-electron chi connectivity index (χ1n) is 7.49. The highest BCUT2D eigenvalue weighted by molar-refractivity contribution is 8.00. The van der Waals surface area contributed by atoms with Crippen molar-refractivity contribution in [3.05, 3.63) is 83.3 Å². The quantitative estimate of drug-likeness (QED) is 0.480. The SMILES string of the molecule is O=C(Nc1cccc(SCC(=O)c2ccccc2Cl)c1)c1ccco1. The first-order chi connectivity index (χ1) is 12.1. The third-order valence-corrected chi connectivity index (χ3v) is 4.70. The Morgan fingerprint density at radius 3 is 2.64 bits per heavy atom. The Morgan fingerprint density at radius 2 is 1.88 bits per heavy atom. The van der Waals surface area contributed by atoms with Crippen LogP contribution < -0.4 is 5.32 Å². The van der Waals surface area contributed by atoms with Crippen LogP contribution in [0.3, 0.4) is 0 Å². The van der Waals surface area contributed by atoms with Crippen LogP contribution >= 0.6 is 23.4 Å². The van der Waals surface area contributed by atoms with Gasteiger partial charge in [-0.1, -0.05) is 29.8 Å². The van der Waals surface area contributed by atoms with Gasteiger partial charge in [0.1, 0.15) is 0 Å². The fourth-order valence-corrected chi connectivity index (χ4v) is 3.26. The Balaban J connectivity index is 1.63. The molecule has 0 aliphatic carbocycles. The molecule has 0 fully saturated rings. The number of carbonyl (C=O) groups is 2. The molecular weight excluding hydrogens is 358 g/mol. The van der Waals surface area contributed by atoms with E-state index < -0.39 is 0 Å². The minimum Gasteiger partial charge on any atom is -0.459 e. The van der Waals surface area contributed by atoms with Gasteiger partial charge >= 0.3 is 0 Å². The van der Waals surface area contributed by atoms with Crippen LogP contribution in [-0.2, 0) is 0 Å². The van der Waals surface area contributed by atoms with Crippen molar-refractivity contribution in [3.8, 4) is 0 Å². The van der Waals surface area contributed by atoms with Crippen molar-refractivity contribution in [1.82, 2.24) is 0 Å². The first kappa shape index (κ1) is 17.3. The molecule has 25 heavy (non-hydrogen) atoms. The van der Waals surface area contributed by atoms with E-state index in [1.54, 1.807) is 42.5 Å². The second-order valence-electron chi connectivity index (χ2n) is 5.15. The van der Waals surface area contributed by atoms with Crippen molar-refractivity contribution in [1.29, 1.82) is 0 Å². The fraction of sp³-hybridized carbons (Fsp3) is 0.0526. The number of hydrogen-bond donors (Lipinski definition) is 1. The van der Waals surface area contributed by atoms with E-state index in [9.17, 15) is 9.59 Å². The molecule has 0 bridgehead atoms. The second-order valence-corrected chi connectivity index (χ2v) is 6.61. The number of amides is 1. The molecule has 4 nitrogen and oxygen atoms in total. The second kappa shape index (κ2) is 8.05. The summed E-state index contributed by atoms with van der Waals surface area (Å²) < 4.78 is 5.06. The zero-order chi connectivity index (χ0) is 17.6. The highest BCUT2D eigenvalue weighted by atomic mass is 35.5. The number of ketones is 1. The average molecular weight is 372 g/mol.